The molecule has 0 N–H and O–H groups in total. The Morgan fingerprint density at radius 2 is 1.68 bits per heavy atom. The van der Waals surface area contributed by atoms with Crippen molar-refractivity contribution in [1.29, 1.82) is 0 Å². The van der Waals surface area contributed by atoms with Crippen LogP contribution in [0.4, 0.5) is 5.69 Å². The molecule has 7 heteroatoms. The number of nitrogens with zero attached hydrogens (tertiary/aromatic N) is 2. The van der Waals surface area contributed by atoms with E-state index in [-0.39, 0.29) is 38.0 Å². The van der Waals surface area contributed by atoms with Crippen LogP contribution in [0, 0.1) is 6.92 Å². The smallest absolute Gasteiger partial charge is 0.257 e. The third-order valence-corrected chi connectivity index (χ3v) is 6.10. The highest BCUT2D eigenvalue weighted by molar-refractivity contribution is 6.23. The predicted molar refractivity (Wildman–Crippen MR) is 125 cm³/mol. The lowest BCUT2D eigenvalue weighted by Crippen LogP contribution is -2.45. The van der Waals surface area contributed by atoms with Crippen molar-refractivity contribution in [3.8, 4) is 11.5 Å². The second-order valence-electron chi connectivity index (χ2n) is 8.49. The van der Waals surface area contributed by atoms with Crippen molar-refractivity contribution in [3.05, 3.63) is 89.5 Å². The van der Waals surface area contributed by atoms with Gasteiger partial charge in [0.25, 0.3) is 5.91 Å². The summed E-state index contributed by atoms with van der Waals surface area (Å²) in [4.78, 5) is 42.5. The summed E-state index contributed by atoms with van der Waals surface area (Å²) in [6.07, 6.45) is 0.0751. The molecule has 0 aromatic heterocycles. The Balaban J connectivity index is 1.44. The summed E-state index contributed by atoms with van der Waals surface area (Å²) in [5.41, 5.74) is 3.18. The lowest BCUT2D eigenvalue weighted by molar-refractivity contribution is -0.138. The van der Waals surface area contributed by atoms with Crippen LogP contribution in [0.1, 0.15) is 23.1 Å². The molecule has 1 unspecified atom stereocenters. The first-order valence-electron chi connectivity index (χ1n) is 11.1. The Morgan fingerprint density at radius 3 is 2.44 bits per heavy atom. The van der Waals surface area contributed by atoms with Gasteiger partial charge in [0.05, 0.1) is 18.5 Å². The number of rotatable bonds is 6. The predicted octanol–water partition coefficient (Wildman–Crippen LogP) is 3.63. The zero-order chi connectivity index (χ0) is 23.7. The number of fused-ring (bicyclic) bond motifs is 1. The van der Waals surface area contributed by atoms with Crippen LogP contribution in [0.3, 0.4) is 0 Å². The maximum atomic E-state index is 13.5. The highest BCUT2D eigenvalue weighted by Gasteiger charge is 2.44. The molecule has 3 aromatic carbocycles. The van der Waals surface area contributed by atoms with Crippen LogP contribution >= 0.6 is 0 Å². The third kappa shape index (κ3) is 4.24. The van der Waals surface area contributed by atoms with Gasteiger partial charge in [-0.25, -0.2) is 4.90 Å². The largest absolute Gasteiger partial charge is 0.454 e. The van der Waals surface area contributed by atoms with Gasteiger partial charge >= 0.3 is 0 Å². The number of hydrogen-bond acceptors (Lipinski definition) is 5. The Labute approximate surface area is 197 Å². The van der Waals surface area contributed by atoms with Crippen LogP contribution in [0.2, 0.25) is 0 Å². The van der Waals surface area contributed by atoms with Gasteiger partial charge in [-0.05, 0) is 42.3 Å². The van der Waals surface area contributed by atoms with Gasteiger partial charge < -0.3 is 14.4 Å². The van der Waals surface area contributed by atoms with Gasteiger partial charge in [0.15, 0.2) is 11.5 Å². The first-order chi connectivity index (χ1) is 16.5. The molecule has 0 aliphatic carbocycles. The van der Waals surface area contributed by atoms with Crippen molar-refractivity contribution in [2.45, 2.75) is 32.4 Å². The quantitative estimate of drug-likeness (QED) is 0.530. The van der Waals surface area contributed by atoms with Gasteiger partial charge in [0, 0.05) is 6.54 Å². The number of anilines is 1. The average Bonchev–Trinajstić information content (AvgIpc) is 3.42. The van der Waals surface area contributed by atoms with Crippen molar-refractivity contribution in [3.63, 3.8) is 0 Å². The summed E-state index contributed by atoms with van der Waals surface area (Å²) < 4.78 is 10.8. The van der Waals surface area contributed by atoms with E-state index in [1.54, 1.807) is 18.2 Å². The summed E-state index contributed by atoms with van der Waals surface area (Å²) in [6, 6.07) is 21.1. The van der Waals surface area contributed by atoms with Crippen LogP contribution in [0.25, 0.3) is 0 Å². The number of amides is 3. The number of hydrogen-bond donors (Lipinski definition) is 0. The molecule has 2 heterocycles. The number of benzene rings is 3. The molecule has 7 nitrogen and oxygen atoms in total. The fourth-order valence-corrected chi connectivity index (χ4v) is 4.30. The Kier molecular flexibility index (Phi) is 5.76. The average molecular weight is 456 g/mol. The molecule has 3 amide bonds. The standard InChI is InChI=1S/C27H24N2O5/c1-18-7-10-21(11-8-18)29-26(31)15-22(27(29)32)28(25(30)14-19-5-3-2-4-6-19)16-20-9-12-23-24(13-20)34-17-33-23/h2-13,22H,14-17H2,1H3. The summed E-state index contributed by atoms with van der Waals surface area (Å²) in [7, 11) is 0. The summed E-state index contributed by atoms with van der Waals surface area (Å²) >= 11 is 0. The molecule has 172 valence electrons. The zero-order valence-electron chi connectivity index (χ0n) is 18.8. The lowest BCUT2D eigenvalue weighted by Gasteiger charge is -2.28. The minimum Gasteiger partial charge on any atom is -0.454 e. The van der Waals surface area contributed by atoms with Crippen molar-refractivity contribution in [2.75, 3.05) is 11.7 Å². The monoisotopic (exact) mass is 456 g/mol. The van der Waals surface area contributed by atoms with Crippen LogP contribution in [0.5, 0.6) is 11.5 Å². The highest BCUT2D eigenvalue weighted by Crippen LogP contribution is 2.34. The van der Waals surface area contributed by atoms with E-state index in [2.05, 4.69) is 0 Å². The first kappa shape index (κ1) is 21.7. The van der Waals surface area contributed by atoms with E-state index >= 15 is 0 Å². The van der Waals surface area contributed by atoms with E-state index in [9.17, 15) is 14.4 Å². The van der Waals surface area contributed by atoms with Crippen LogP contribution in [-0.2, 0) is 27.3 Å². The zero-order valence-corrected chi connectivity index (χ0v) is 18.8. The molecule has 34 heavy (non-hydrogen) atoms. The van der Waals surface area contributed by atoms with Gasteiger partial charge in [0.1, 0.15) is 6.04 Å². The van der Waals surface area contributed by atoms with Gasteiger partial charge in [0.2, 0.25) is 18.6 Å². The van der Waals surface area contributed by atoms with Crippen molar-refractivity contribution in [2.24, 2.45) is 0 Å². The molecule has 2 aliphatic rings. The number of carbonyl (C=O) groups is 3. The number of carbonyl (C=O) groups excluding carboxylic acids is 3. The van der Waals surface area contributed by atoms with Crippen molar-refractivity contribution in [1.82, 2.24) is 4.90 Å². The van der Waals surface area contributed by atoms with E-state index < -0.39 is 11.9 Å². The minimum atomic E-state index is -0.879. The fraction of sp³-hybridized carbons (Fsp3) is 0.222. The molecular weight excluding hydrogens is 432 g/mol. The summed E-state index contributed by atoms with van der Waals surface area (Å²) in [5.74, 6) is 0.311. The Bertz CT molecular complexity index is 1240. The third-order valence-electron chi connectivity index (χ3n) is 6.10. The summed E-state index contributed by atoms with van der Waals surface area (Å²) in [6.45, 7) is 2.26. The van der Waals surface area contributed by atoms with E-state index in [4.69, 9.17) is 9.47 Å². The molecule has 3 aromatic rings. The van der Waals surface area contributed by atoms with Crippen LogP contribution < -0.4 is 14.4 Å². The molecule has 5 rings (SSSR count). The van der Waals surface area contributed by atoms with Gasteiger partial charge in [-0.3, -0.25) is 14.4 Å². The maximum absolute atomic E-state index is 13.5. The molecular formula is C27H24N2O5. The molecule has 0 radical (unpaired) electrons. The molecule has 2 aliphatic heterocycles. The summed E-state index contributed by atoms with van der Waals surface area (Å²) in [5, 5.41) is 0. The highest BCUT2D eigenvalue weighted by atomic mass is 16.7. The molecule has 1 saturated heterocycles. The Hall–Kier alpha value is -4.13. The minimum absolute atomic E-state index is 0.0577. The van der Waals surface area contributed by atoms with Crippen LogP contribution in [0.15, 0.2) is 72.8 Å². The number of imide groups is 1. The number of ether oxygens (including phenoxy) is 2. The number of aryl methyl sites for hydroxylation is 1. The van der Waals surface area contributed by atoms with E-state index in [0.717, 1.165) is 16.7 Å². The second kappa shape index (κ2) is 9.02. The molecule has 1 atom stereocenters. The van der Waals surface area contributed by atoms with Crippen molar-refractivity contribution < 1.29 is 23.9 Å². The second-order valence-corrected chi connectivity index (χ2v) is 8.49. The molecule has 0 saturated carbocycles. The van der Waals surface area contributed by atoms with Gasteiger partial charge in [-0.15, -0.1) is 0 Å². The maximum Gasteiger partial charge on any atom is 0.257 e. The van der Waals surface area contributed by atoms with E-state index in [1.165, 1.54) is 9.80 Å². The molecule has 1 fully saturated rings. The first-order valence-corrected chi connectivity index (χ1v) is 11.1. The molecule has 0 bridgehead atoms. The van der Waals surface area contributed by atoms with Crippen LogP contribution in [-0.4, -0.2) is 35.5 Å². The van der Waals surface area contributed by atoms with E-state index in [0.29, 0.717) is 17.2 Å². The molecule has 0 spiro atoms. The SMILES string of the molecule is Cc1ccc(N2C(=O)CC(N(Cc3ccc4c(c3)OCO4)C(=O)Cc3ccccc3)C2=O)cc1. The topological polar surface area (TPSA) is 76.2 Å². The normalized spacial score (nSPS) is 16.7. The van der Waals surface area contributed by atoms with Crippen molar-refractivity contribution >= 4 is 23.4 Å². The Morgan fingerprint density at radius 1 is 0.941 bits per heavy atom. The van der Waals surface area contributed by atoms with Gasteiger partial charge in [-0.2, -0.15) is 0 Å². The van der Waals surface area contributed by atoms with Gasteiger partial charge in [-0.1, -0.05) is 54.1 Å². The van der Waals surface area contributed by atoms with E-state index in [1.807, 2.05) is 61.5 Å². The lowest BCUT2D eigenvalue weighted by atomic mass is 10.1. The fourth-order valence-electron chi connectivity index (χ4n) is 4.30.